The minimum atomic E-state index is -0.935. The number of amides is 1. The van der Waals surface area contributed by atoms with Crippen LogP contribution in [-0.2, 0) is 4.79 Å². The van der Waals surface area contributed by atoms with Crippen molar-refractivity contribution in [1.82, 2.24) is 4.98 Å². The van der Waals surface area contributed by atoms with Crippen molar-refractivity contribution in [2.75, 3.05) is 5.32 Å². The van der Waals surface area contributed by atoms with Gasteiger partial charge in [-0.15, -0.1) is 0 Å². The first kappa shape index (κ1) is 13.2. The third kappa shape index (κ3) is 2.62. The lowest BCUT2D eigenvalue weighted by Gasteiger charge is -2.22. The highest BCUT2D eigenvalue weighted by Crippen LogP contribution is 2.27. The second-order valence-corrected chi connectivity index (χ2v) is 4.05. The highest BCUT2D eigenvalue weighted by Gasteiger charge is 2.35. The van der Waals surface area contributed by atoms with Gasteiger partial charge in [0.2, 0.25) is 5.91 Å². The molecule has 1 rings (SSSR count). The number of nitrogens with one attached hydrogen (secondary N) is 1. The lowest BCUT2D eigenvalue weighted by atomic mass is 9.83. The van der Waals surface area contributed by atoms with Gasteiger partial charge in [0.15, 0.2) is 0 Å². The first-order chi connectivity index (χ1) is 8.09. The number of aryl methyl sites for hydroxylation is 1. The zero-order valence-electron chi connectivity index (χ0n) is 10.4. The predicted molar refractivity (Wildman–Crippen MR) is 66.2 cm³/mol. The fourth-order valence-electron chi connectivity index (χ4n) is 1.64. The third-order valence-electron chi connectivity index (χ3n) is 3.12. The predicted octanol–water partition coefficient (Wildman–Crippen LogP) is 2.66. The van der Waals surface area contributed by atoms with Crippen LogP contribution >= 0.6 is 0 Å². The van der Waals surface area contributed by atoms with Crippen molar-refractivity contribution in [3.8, 4) is 6.07 Å². The quantitative estimate of drug-likeness (QED) is 0.866. The fraction of sp³-hybridized carbons (Fsp3) is 0.462. The van der Waals surface area contributed by atoms with Crippen LogP contribution < -0.4 is 5.32 Å². The fourth-order valence-corrected chi connectivity index (χ4v) is 1.64. The molecule has 1 aromatic rings. The minimum Gasteiger partial charge on any atom is -0.324 e. The van der Waals surface area contributed by atoms with Crippen molar-refractivity contribution >= 4 is 11.6 Å². The van der Waals surface area contributed by atoms with E-state index in [1.54, 1.807) is 18.5 Å². The van der Waals surface area contributed by atoms with Gasteiger partial charge in [0.1, 0.15) is 5.41 Å². The average molecular weight is 231 g/mol. The second-order valence-electron chi connectivity index (χ2n) is 4.05. The second kappa shape index (κ2) is 5.44. The Morgan fingerprint density at radius 1 is 1.53 bits per heavy atom. The number of aromatic nitrogens is 1. The molecule has 1 N–H and O–H groups in total. The summed E-state index contributed by atoms with van der Waals surface area (Å²) in [5, 5.41) is 12.0. The monoisotopic (exact) mass is 231 g/mol. The molecule has 0 aliphatic rings. The summed E-state index contributed by atoms with van der Waals surface area (Å²) in [4.78, 5) is 16.1. The molecule has 0 atom stereocenters. The SMILES string of the molecule is CCC(C#N)(CC)C(=O)Nc1ccncc1C. The van der Waals surface area contributed by atoms with Crippen LogP contribution in [0.5, 0.6) is 0 Å². The number of hydrogen-bond donors (Lipinski definition) is 1. The smallest absolute Gasteiger partial charge is 0.244 e. The molecule has 0 unspecified atom stereocenters. The normalized spacial score (nSPS) is 10.7. The van der Waals surface area contributed by atoms with Crippen molar-refractivity contribution in [1.29, 1.82) is 5.26 Å². The Balaban J connectivity index is 2.93. The molecule has 0 aliphatic heterocycles. The van der Waals surface area contributed by atoms with Crippen LogP contribution in [-0.4, -0.2) is 10.9 Å². The Morgan fingerprint density at radius 2 is 2.18 bits per heavy atom. The minimum absolute atomic E-state index is 0.237. The number of rotatable bonds is 4. The summed E-state index contributed by atoms with van der Waals surface area (Å²) in [6.45, 7) is 5.58. The van der Waals surface area contributed by atoms with Gasteiger partial charge in [0.05, 0.1) is 6.07 Å². The van der Waals surface area contributed by atoms with E-state index in [1.165, 1.54) is 0 Å². The standard InChI is InChI=1S/C13H17N3O/c1-4-13(5-2,9-14)12(17)16-11-6-7-15-8-10(11)3/h6-8H,4-5H2,1-3H3,(H,15,16,17). The Kier molecular flexibility index (Phi) is 4.22. The van der Waals surface area contributed by atoms with E-state index in [-0.39, 0.29) is 5.91 Å². The Bertz CT molecular complexity index is 444. The third-order valence-corrected chi connectivity index (χ3v) is 3.12. The molecule has 0 saturated heterocycles. The molecule has 90 valence electrons. The molecule has 0 aromatic carbocycles. The van der Waals surface area contributed by atoms with Crippen LogP contribution in [0.3, 0.4) is 0 Å². The zero-order chi connectivity index (χ0) is 12.9. The van der Waals surface area contributed by atoms with Crippen molar-refractivity contribution in [3.63, 3.8) is 0 Å². The van der Waals surface area contributed by atoms with Crippen LogP contribution in [0, 0.1) is 23.7 Å². The average Bonchev–Trinajstić information content (AvgIpc) is 2.35. The number of carbonyl (C=O) groups excluding carboxylic acids is 1. The van der Waals surface area contributed by atoms with E-state index in [1.807, 2.05) is 20.8 Å². The molecule has 0 bridgehead atoms. The van der Waals surface area contributed by atoms with Gasteiger partial charge >= 0.3 is 0 Å². The summed E-state index contributed by atoms with van der Waals surface area (Å²) in [6.07, 6.45) is 4.32. The largest absolute Gasteiger partial charge is 0.324 e. The molecule has 0 aliphatic carbocycles. The van der Waals surface area contributed by atoms with Gasteiger partial charge in [0, 0.05) is 18.1 Å². The number of pyridine rings is 1. The Labute approximate surface area is 102 Å². The highest BCUT2D eigenvalue weighted by atomic mass is 16.2. The van der Waals surface area contributed by atoms with Gasteiger partial charge in [-0.2, -0.15) is 5.26 Å². The number of nitrogens with zero attached hydrogens (tertiary/aromatic N) is 2. The van der Waals surface area contributed by atoms with E-state index in [0.717, 1.165) is 5.56 Å². The summed E-state index contributed by atoms with van der Waals surface area (Å²) in [5.74, 6) is -0.237. The first-order valence-electron chi connectivity index (χ1n) is 5.73. The molecular weight excluding hydrogens is 214 g/mol. The van der Waals surface area contributed by atoms with Crippen molar-refractivity contribution in [2.24, 2.45) is 5.41 Å². The maximum atomic E-state index is 12.1. The molecule has 0 radical (unpaired) electrons. The van der Waals surface area contributed by atoms with Gasteiger partial charge in [-0.25, -0.2) is 0 Å². The van der Waals surface area contributed by atoms with Crippen molar-refractivity contribution < 1.29 is 4.79 Å². The molecule has 1 heterocycles. The van der Waals surface area contributed by atoms with Gasteiger partial charge < -0.3 is 5.32 Å². The summed E-state index contributed by atoms with van der Waals surface area (Å²) < 4.78 is 0. The van der Waals surface area contributed by atoms with E-state index in [4.69, 9.17) is 0 Å². The molecule has 0 spiro atoms. The number of anilines is 1. The van der Waals surface area contributed by atoms with Gasteiger partial charge in [-0.05, 0) is 31.4 Å². The van der Waals surface area contributed by atoms with E-state index < -0.39 is 5.41 Å². The topological polar surface area (TPSA) is 65.8 Å². The van der Waals surface area contributed by atoms with E-state index >= 15 is 0 Å². The summed E-state index contributed by atoms with van der Waals surface area (Å²) in [5.41, 5.74) is 0.668. The van der Waals surface area contributed by atoms with Crippen LogP contribution in [0.25, 0.3) is 0 Å². The van der Waals surface area contributed by atoms with E-state index in [0.29, 0.717) is 18.5 Å². The van der Waals surface area contributed by atoms with Crippen molar-refractivity contribution in [2.45, 2.75) is 33.6 Å². The highest BCUT2D eigenvalue weighted by molar-refractivity contribution is 5.97. The van der Waals surface area contributed by atoms with Gasteiger partial charge in [0.25, 0.3) is 0 Å². The van der Waals surface area contributed by atoms with Gasteiger partial charge in [-0.3, -0.25) is 9.78 Å². The number of carbonyl (C=O) groups is 1. The van der Waals surface area contributed by atoms with Crippen LogP contribution in [0.15, 0.2) is 18.5 Å². The Morgan fingerprint density at radius 3 is 2.65 bits per heavy atom. The lowest BCUT2D eigenvalue weighted by Crippen LogP contribution is -2.34. The van der Waals surface area contributed by atoms with Crippen LogP contribution in [0.2, 0.25) is 0 Å². The van der Waals surface area contributed by atoms with E-state index in [9.17, 15) is 10.1 Å². The molecule has 4 heteroatoms. The zero-order valence-corrected chi connectivity index (χ0v) is 10.4. The molecule has 0 fully saturated rings. The summed E-state index contributed by atoms with van der Waals surface area (Å²) >= 11 is 0. The molecule has 0 saturated carbocycles. The van der Waals surface area contributed by atoms with Crippen molar-refractivity contribution in [3.05, 3.63) is 24.0 Å². The van der Waals surface area contributed by atoms with Crippen LogP contribution in [0.1, 0.15) is 32.3 Å². The molecule has 1 amide bonds. The molecule has 4 nitrogen and oxygen atoms in total. The Hall–Kier alpha value is -1.89. The number of hydrogen-bond acceptors (Lipinski definition) is 3. The summed E-state index contributed by atoms with van der Waals surface area (Å²) in [6, 6.07) is 3.86. The molecule has 17 heavy (non-hydrogen) atoms. The molecule has 1 aromatic heterocycles. The lowest BCUT2D eigenvalue weighted by molar-refractivity contribution is -0.123. The maximum absolute atomic E-state index is 12.1. The molecular formula is C13H17N3O. The van der Waals surface area contributed by atoms with E-state index in [2.05, 4.69) is 16.4 Å². The number of nitriles is 1. The van der Waals surface area contributed by atoms with Crippen LogP contribution in [0.4, 0.5) is 5.69 Å². The maximum Gasteiger partial charge on any atom is 0.244 e. The van der Waals surface area contributed by atoms with Gasteiger partial charge in [-0.1, -0.05) is 13.8 Å². The first-order valence-corrected chi connectivity index (χ1v) is 5.73. The summed E-state index contributed by atoms with van der Waals surface area (Å²) in [7, 11) is 0.